The number of halogens is 1. The van der Waals surface area contributed by atoms with Crippen LogP contribution in [0.2, 0.25) is 5.02 Å². The zero-order valence-corrected chi connectivity index (χ0v) is 15.2. The van der Waals surface area contributed by atoms with Gasteiger partial charge in [0, 0.05) is 5.02 Å². The average Bonchev–Trinajstić information content (AvgIpc) is 3.24. The molecule has 0 unspecified atom stereocenters. The molecule has 0 fully saturated rings. The molecule has 1 aromatic carbocycles. The summed E-state index contributed by atoms with van der Waals surface area (Å²) in [6.07, 6.45) is 0. The van der Waals surface area contributed by atoms with Gasteiger partial charge in [-0.15, -0.1) is 16.4 Å². The molecule has 8 heteroatoms. The standard InChI is InChI=1S/C16H15ClN4OS2/c1-10(11-4-2-5-12(17)8-11)18-14(22)9-24-16-19-15(20-21-16)13-6-3-7-23-13/h2-8,10H,9H2,1H3,(H,18,22)(H,19,20,21)/t10-/m1/s1. The molecule has 3 aromatic rings. The van der Waals surface area contributed by atoms with Crippen molar-refractivity contribution in [1.29, 1.82) is 0 Å². The molecule has 5 nitrogen and oxygen atoms in total. The van der Waals surface area contributed by atoms with Gasteiger partial charge in [-0.25, -0.2) is 4.98 Å². The maximum atomic E-state index is 12.1. The molecular weight excluding hydrogens is 364 g/mol. The molecule has 0 radical (unpaired) electrons. The number of carbonyl (C=O) groups is 1. The van der Waals surface area contributed by atoms with E-state index in [1.54, 1.807) is 11.3 Å². The number of aromatic amines is 1. The number of aromatic nitrogens is 3. The van der Waals surface area contributed by atoms with Crippen molar-refractivity contribution in [2.45, 2.75) is 18.1 Å². The van der Waals surface area contributed by atoms with E-state index in [1.165, 1.54) is 11.8 Å². The Labute approximate surface area is 152 Å². The molecule has 0 spiro atoms. The number of benzene rings is 1. The monoisotopic (exact) mass is 378 g/mol. The van der Waals surface area contributed by atoms with Crippen LogP contribution < -0.4 is 5.32 Å². The summed E-state index contributed by atoms with van der Waals surface area (Å²) in [4.78, 5) is 17.5. The van der Waals surface area contributed by atoms with Crippen molar-refractivity contribution in [3.8, 4) is 10.7 Å². The van der Waals surface area contributed by atoms with Crippen LogP contribution in [0.5, 0.6) is 0 Å². The van der Waals surface area contributed by atoms with Gasteiger partial charge in [-0.05, 0) is 36.1 Å². The molecule has 3 rings (SSSR count). The molecule has 0 aliphatic carbocycles. The molecule has 0 aliphatic rings. The quantitative estimate of drug-likeness (QED) is 0.632. The van der Waals surface area contributed by atoms with Crippen LogP contribution in [-0.4, -0.2) is 26.8 Å². The summed E-state index contributed by atoms with van der Waals surface area (Å²) < 4.78 is 0. The van der Waals surface area contributed by atoms with Crippen LogP contribution in [0.1, 0.15) is 18.5 Å². The molecule has 2 N–H and O–H groups in total. The summed E-state index contributed by atoms with van der Waals surface area (Å²) in [6, 6.07) is 11.3. The summed E-state index contributed by atoms with van der Waals surface area (Å²) in [5, 5.41) is 13.2. The van der Waals surface area contributed by atoms with Crippen molar-refractivity contribution in [2.24, 2.45) is 0 Å². The number of thiophene rings is 1. The van der Waals surface area contributed by atoms with Crippen LogP contribution in [0.4, 0.5) is 0 Å². The number of rotatable bonds is 6. The molecule has 2 aromatic heterocycles. The van der Waals surface area contributed by atoms with Crippen molar-refractivity contribution in [2.75, 3.05) is 5.75 Å². The van der Waals surface area contributed by atoms with Crippen LogP contribution in [0.3, 0.4) is 0 Å². The predicted octanol–water partition coefficient (Wildman–Crippen LogP) is 4.16. The number of nitrogens with zero attached hydrogens (tertiary/aromatic N) is 2. The summed E-state index contributed by atoms with van der Waals surface area (Å²) in [7, 11) is 0. The van der Waals surface area contributed by atoms with Crippen molar-refractivity contribution in [3.63, 3.8) is 0 Å². The zero-order chi connectivity index (χ0) is 16.9. The van der Waals surface area contributed by atoms with Crippen LogP contribution in [0.25, 0.3) is 10.7 Å². The van der Waals surface area contributed by atoms with Gasteiger partial charge in [-0.2, -0.15) is 0 Å². The van der Waals surface area contributed by atoms with Gasteiger partial charge in [0.2, 0.25) is 11.1 Å². The Morgan fingerprint density at radius 1 is 1.42 bits per heavy atom. The van der Waals surface area contributed by atoms with Crippen LogP contribution in [0.15, 0.2) is 46.9 Å². The summed E-state index contributed by atoms with van der Waals surface area (Å²) in [5.41, 5.74) is 0.971. The fourth-order valence-electron chi connectivity index (χ4n) is 2.11. The predicted molar refractivity (Wildman–Crippen MR) is 98.4 cm³/mol. The first kappa shape index (κ1) is 17.0. The van der Waals surface area contributed by atoms with Crippen molar-refractivity contribution >= 4 is 40.6 Å². The molecule has 0 saturated carbocycles. The minimum absolute atomic E-state index is 0.0741. The Bertz CT molecular complexity index is 819. The lowest BCUT2D eigenvalue weighted by atomic mass is 10.1. The highest BCUT2D eigenvalue weighted by molar-refractivity contribution is 7.99. The van der Waals surface area contributed by atoms with Gasteiger partial charge in [-0.3, -0.25) is 9.89 Å². The van der Waals surface area contributed by atoms with Crippen molar-refractivity contribution < 1.29 is 4.79 Å². The lowest BCUT2D eigenvalue weighted by molar-refractivity contribution is -0.119. The van der Waals surface area contributed by atoms with Crippen molar-refractivity contribution in [3.05, 3.63) is 52.4 Å². The Kier molecular flexibility index (Phi) is 5.55. The minimum atomic E-state index is -0.106. The van der Waals surface area contributed by atoms with Crippen LogP contribution in [0, 0.1) is 0 Å². The van der Waals surface area contributed by atoms with Gasteiger partial charge in [0.25, 0.3) is 0 Å². The molecule has 24 heavy (non-hydrogen) atoms. The second kappa shape index (κ2) is 7.83. The van der Waals surface area contributed by atoms with E-state index in [9.17, 15) is 4.79 Å². The minimum Gasteiger partial charge on any atom is -0.349 e. The second-order valence-corrected chi connectivity index (χ2v) is 7.40. The second-order valence-electron chi connectivity index (χ2n) is 5.08. The number of carbonyl (C=O) groups excluding carboxylic acids is 1. The molecule has 1 atom stereocenters. The summed E-state index contributed by atoms with van der Waals surface area (Å²) in [5.74, 6) is 0.905. The topological polar surface area (TPSA) is 70.7 Å². The Morgan fingerprint density at radius 3 is 3.04 bits per heavy atom. The first-order chi connectivity index (χ1) is 11.6. The molecule has 124 valence electrons. The highest BCUT2D eigenvalue weighted by Gasteiger charge is 2.12. The van der Waals surface area contributed by atoms with Gasteiger partial charge in [-0.1, -0.05) is 41.6 Å². The zero-order valence-electron chi connectivity index (χ0n) is 12.8. The average molecular weight is 379 g/mol. The van der Waals surface area contributed by atoms with Gasteiger partial charge >= 0.3 is 0 Å². The first-order valence-corrected chi connectivity index (χ1v) is 9.50. The van der Waals surface area contributed by atoms with E-state index in [4.69, 9.17) is 11.6 Å². The van der Waals surface area contributed by atoms with Crippen LogP contribution >= 0.6 is 34.7 Å². The number of nitrogens with one attached hydrogen (secondary N) is 2. The van der Waals surface area contributed by atoms with E-state index < -0.39 is 0 Å². The third kappa shape index (κ3) is 4.37. The molecule has 0 saturated heterocycles. The molecule has 1 amide bonds. The largest absolute Gasteiger partial charge is 0.349 e. The first-order valence-electron chi connectivity index (χ1n) is 7.26. The normalized spacial score (nSPS) is 12.1. The lowest BCUT2D eigenvalue weighted by Gasteiger charge is -2.14. The van der Waals surface area contributed by atoms with Gasteiger partial charge in [0.1, 0.15) is 0 Å². The highest BCUT2D eigenvalue weighted by Crippen LogP contribution is 2.23. The van der Waals surface area contributed by atoms with E-state index >= 15 is 0 Å². The van der Waals surface area contributed by atoms with Gasteiger partial charge < -0.3 is 5.32 Å². The lowest BCUT2D eigenvalue weighted by Crippen LogP contribution is -2.28. The maximum Gasteiger partial charge on any atom is 0.230 e. The fraction of sp³-hybridized carbons (Fsp3) is 0.188. The number of H-pyrrole nitrogens is 1. The third-order valence-corrected chi connectivity index (χ3v) is 5.24. The van der Waals surface area contributed by atoms with Gasteiger partial charge in [0.05, 0.1) is 16.7 Å². The van der Waals surface area contributed by atoms with E-state index in [0.29, 0.717) is 10.2 Å². The maximum absolute atomic E-state index is 12.1. The highest BCUT2D eigenvalue weighted by atomic mass is 35.5. The molecular formula is C16H15ClN4OS2. The number of hydrogen-bond acceptors (Lipinski definition) is 5. The number of amides is 1. The number of hydrogen-bond donors (Lipinski definition) is 2. The Hall–Kier alpha value is -1.83. The fourth-order valence-corrected chi connectivity index (χ4v) is 3.58. The molecule has 0 bridgehead atoms. The summed E-state index contributed by atoms with van der Waals surface area (Å²) >= 11 is 8.86. The third-order valence-electron chi connectivity index (χ3n) is 3.28. The van der Waals surface area contributed by atoms with E-state index in [-0.39, 0.29) is 17.7 Å². The number of thioether (sulfide) groups is 1. The summed E-state index contributed by atoms with van der Waals surface area (Å²) in [6.45, 7) is 1.93. The van der Waals surface area contributed by atoms with Crippen molar-refractivity contribution in [1.82, 2.24) is 20.5 Å². The van der Waals surface area contributed by atoms with Crippen LogP contribution in [-0.2, 0) is 4.79 Å². The van der Waals surface area contributed by atoms with E-state index in [2.05, 4.69) is 20.5 Å². The Balaban J connectivity index is 1.52. The smallest absolute Gasteiger partial charge is 0.230 e. The SMILES string of the molecule is C[C@@H](NC(=O)CSc1n[nH]c(-c2cccs2)n1)c1cccc(Cl)c1. The van der Waals surface area contributed by atoms with Gasteiger partial charge in [0.15, 0.2) is 5.82 Å². The molecule has 2 heterocycles. The van der Waals surface area contributed by atoms with E-state index in [0.717, 1.165) is 16.3 Å². The van der Waals surface area contributed by atoms with E-state index in [1.807, 2.05) is 48.7 Å². The molecule has 0 aliphatic heterocycles. The Morgan fingerprint density at radius 2 is 2.29 bits per heavy atom.